The van der Waals surface area contributed by atoms with Crippen LogP contribution in [0.25, 0.3) is 0 Å². The molecule has 21 heavy (non-hydrogen) atoms. The lowest BCUT2D eigenvalue weighted by atomic mass is 9.72. The zero-order valence-electron chi connectivity index (χ0n) is 14.3. The van der Waals surface area contributed by atoms with Crippen molar-refractivity contribution in [3.05, 3.63) is 12.7 Å². The first-order valence-corrected chi connectivity index (χ1v) is 8.03. The van der Waals surface area contributed by atoms with E-state index in [4.69, 9.17) is 0 Å². The van der Waals surface area contributed by atoms with Crippen molar-refractivity contribution < 1.29 is 9.59 Å². The quantitative estimate of drug-likeness (QED) is 0.739. The number of allylic oxidation sites excluding steroid dienone is 1. The van der Waals surface area contributed by atoms with Crippen LogP contribution in [-0.4, -0.2) is 22.3 Å². The minimum atomic E-state index is -0.555. The standard InChI is InChI=1S/C18H29NO2/c1-8-10-17(6,12(2)3)15(21)19-14(20)13-9-11-18(19,7)16(13,4)5/h8,12-13H,1,9-11H2,2-7H3/t13-,17-,18-/m1/s1. The van der Waals surface area contributed by atoms with E-state index in [1.807, 2.05) is 20.8 Å². The van der Waals surface area contributed by atoms with Gasteiger partial charge in [-0.1, -0.05) is 40.7 Å². The van der Waals surface area contributed by atoms with Gasteiger partial charge in [0.1, 0.15) is 0 Å². The van der Waals surface area contributed by atoms with E-state index >= 15 is 0 Å². The maximum Gasteiger partial charge on any atom is 0.236 e. The first-order chi connectivity index (χ1) is 9.54. The smallest absolute Gasteiger partial charge is 0.236 e. The summed E-state index contributed by atoms with van der Waals surface area (Å²) in [6.07, 6.45) is 4.23. The number of likely N-dealkylation sites (tertiary alicyclic amines) is 1. The Balaban J connectivity index is 2.45. The molecule has 2 rings (SSSR count). The van der Waals surface area contributed by atoms with E-state index in [9.17, 15) is 9.59 Å². The van der Waals surface area contributed by atoms with Crippen LogP contribution >= 0.6 is 0 Å². The van der Waals surface area contributed by atoms with Gasteiger partial charge in [0.2, 0.25) is 11.8 Å². The van der Waals surface area contributed by atoms with E-state index in [1.165, 1.54) is 0 Å². The molecule has 1 saturated carbocycles. The van der Waals surface area contributed by atoms with Crippen LogP contribution in [0, 0.1) is 22.7 Å². The number of hydrogen-bond acceptors (Lipinski definition) is 2. The third kappa shape index (κ3) is 1.85. The van der Waals surface area contributed by atoms with Gasteiger partial charge in [-0.25, -0.2) is 0 Å². The number of fused-ring (bicyclic) bond motifs is 2. The average Bonchev–Trinajstić information content (AvgIpc) is 2.68. The van der Waals surface area contributed by atoms with E-state index in [1.54, 1.807) is 11.0 Å². The van der Waals surface area contributed by atoms with Gasteiger partial charge in [-0.15, -0.1) is 6.58 Å². The fourth-order valence-corrected chi connectivity index (χ4v) is 4.16. The Kier molecular flexibility index (Phi) is 3.63. The van der Waals surface area contributed by atoms with Gasteiger partial charge in [-0.3, -0.25) is 14.5 Å². The zero-order chi connectivity index (χ0) is 16.2. The van der Waals surface area contributed by atoms with Gasteiger partial charge in [0.15, 0.2) is 0 Å². The van der Waals surface area contributed by atoms with Crippen LogP contribution in [0.5, 0.6) is 0 Å². The molecule has 3 heteroatoms. The van der Waals surface area contributed by atoms with E-state index in [2.05, 4.69) is 27.4 Å². The number of piperidine rings is 1. The average molecular weight is 291 g/mol. The number of amides is 2. The molecule has 3 nitrogen and oxygen atoms in total. The molecule has 1 aliphatic carbocycles. The Morgan fingerprint density at radius 3 is 2.43 bits per heavy atom. The Labute approximate surface area is 128 Å². The highest BCUT2D eigenvalue weighted by atomic mass is 16.2. The lowest BCUT2D eigenvalue weighted by molar-refractivity contribution is -0.159. The third-order valence-electron chi connectivity index (χ3n) is 6.73. The van der Waals surface area contributed by atoms with Gasteiger partial charge < -0.3 is 0 Å². The van der Waals surface area contributed by atoms with Gasteiger partial charge in [-0.05, 0) is 37.5 Å². The molecule has 2 bridgehead atoms. The first kappa shape index (κ1) is 16.3. The van der Waals surface area contributed by atoms with Crippen LogP contribution in [0.2, 0.25) is 0 Å². The van der Waals surface area contributed by atoms with Crippen molar-refractivity contribution in [2.75, 3.05) is 0 Å². The molecule has 2 amide bonds. The lowest BCUT2D eigenvalue weighted by Gasteiger charge is -2.44. The van der Waals surface area contributed by atoms with Crippen molar-refractivity contribution in [2.45, 2.75) is 66.3 Å². The minimum Gasteiger partial charge on any atom is -0.275 e. The summed E-state index contributed by atoms with van der Waals surface area (Å²) in [5.41, 5.74) is -1.03. The van der Waals surface area contributed by atoms with Crippen molar-refractivity contribution in [1.82, 2.24) is 4.90 Å². The number of carbonyl (C=O) groups is 2. The zero-order valence-corrected chi connectivity index (χ0v) is 14.3. The normalized spacial score (nSPS) is 33.4. The van der Waals surface area contributed by atoms with Crippen molar-refractivity contribution in [3.63, 3.8) is 0 Å². The molecule has 0 aromatic carbocycles. The number of nitrogens with zero attached hydrogens (tertiary/aromatic N) is 1. The van der Waals surface area contributed by atoms with Crippen LogP contribution in [0.1, 0.15) is 60.8 Å². The summed E-state index contributed by atoms with van der Waals surface area (Å²) in [5.74, 6) is 0.183. The van der Waals surface area contributed by atoms with Crippen LogP contribution in [-0.2, 0) is 9.59 Å². The molecular formula is C18H29NO2. The Hall–Kier alpha value is -1.12. The molecular weight excluding hydrogens is 262 g/mol. The van der Waals surface area contributed by atoms with Crippen molar-refractivity contribution in [1.29, 1.82) is 0 Å². The summed E-state index contributed by atoms with van der Waals surface area (Å²) in [7, 11) is 0. The van der Waals surface area contributed by atoms with E-state index in [-0.39, 0.29) is 34.6 Å². The third-order valence-corrected chi connectivity index (χ3v) is 6.73. The molecule has 0 N–H and O–H groups in total. The maximum atomic E-state index is 13.2. The second-order valence-electron chi connectivity index (χ2n) is 8.13. The van der Waals surface area contributed by atoms with Crippen LogP contribution in [0.15, 0.2) is 12.7 Å². The molecule has 2 fully saturated rings. The summed E-state index contributed by atoms with van der Waals surface area (Å²) in [5, 5.41) is 0. The number of carbonyl (C=O) groups excluding carboxylic acids is 2. The fraction of sp³-hybridized carbons (Fsp3) is 0.778. The maximum absolute atomic E-state index is 13.2. The van der Waals surface area contributed by atoms with Crippen molar-refractivity contribution >= 4 is 11.8 Å². The van der Waals surface area contributed by atoms with E-state index < -0.39 is 5.41 Å². The Morgan fingerprint density at radius 2 is 2.05 bits per heavy atom. The molecule has 0 spiro atoms. The van der Waals surface area contributed by atoms with Gasteiger partial charge in [-0.2, -0.15) is 0 Å². The summed E-state index contributed by atoms with van der Waals surface area (Å²) >= 11 is 0. The van der Waals surface area contributed by atoms with Gasteiger partial charge in [0.25, 0.3) is 0 Å². The number of hydrogen-bond donors (Lipinski definition) is 0. The monoisotopic (exact) mass is 291 g/mol. The predicted octanol–water partition coefficient (Wildman–Crippen LogP) is 3.79. The molecule has 0 aromatic heterocycles. The summed E-state index contributed by atoms with van der Waals surface area (Å²) < 4.78 is 0. The highest BCUT2D eigenvalue weighted by molar-refractivity contribution is 6.03. The molecule has 0 unspecified atom stereocenters. The highest BCUT2D eigenvalue weighted by Gasteiger charge is 2.68. The largest absolute Gasteiger partial charge is 0.275 e. The minimum absolute atomic E-state index is 0.00778. The van der Waals surface area contributed by atoms with Gasteiger partial charge in [0.05, 0.1) is 11.0 Å². The molecule has 1 heterocycles. The molecule has 1 aliphatic heterocycles. The van der Waals surface area contributed by atoms with Gasteiger partial charge in [0, 0.05) is 5.92 Å². The van der Waals surface area contributed by atoms with Crippen molar-refractivity contribution in [2.24, 2.45) is 22.7 Å². The van der Waals surface area contributed by atoms with Gasteiger partial charge >= 0.3 is 0 Å². The predicted molar refractivity (Wildman–Crippen MR) is 84.5 cm³/mol. The second kappa shape index (κ2) is 4.69. The number of imide groups is 1. The van der Waals surface area contributed by atoms with Crippen LogP contribution in [0.3, 0.4) is 0 Å². The highest BCUT2D eigenvalue weighted by Crippen LogP contribution is 2.60. The summed E-state index contributed by atoms with van der Waals surface area (Å²) in [4.78, 5) is 27.6. The van der Waals surface area contributed by atoms with E-state index in [0.29, 0.717) is 6.42 Å². The first-order valence-electron chi connectivity index (χ1n) is 8.03. The number of rotatable bonds is 4. The molecule has 118 valence electrons. The van der Waals surface area contributed by atoms with Crippen LogP contribution in [0.4, 0.5) is 0 Å². The fourth-order valence-electron chi connectivity index (χ4n) is 4.16. The summed E-state index contributed by atoms with van der Waals surface area (Å²) in [6.45, 7) is 16.2. The molecule has 2 aliphatic rings. The molecule has 3 atom stereocenters. The Bertz CT molecular complexity index is 493. The van der Waals surface area contributed by atoms with Crippen LogP contribution < -0.4 is 0 Å². The molecule has 0 aromatic rings. The molecule has 0 radical (unpaired) electrons. The molecule has 1 saturated heterocycles. The van der Waals surface area contributed by atoms with E-state index in [0.717, 1.165) is 12.8 Å². The van der Waals surface area contributed by atoms with Crippen molar-refractivity contribution in [3.8, 4) is 0 Å². The SMILES string of the molecule is C=CC[C@@](C)(C(=O)N1C(=O)[C@H]2CC[C@]1(C)C2(C)C)C(C)C. The second-order valence-corrected chi connectivity index (χ2v) is 8.13. The Morgan fingerprint density at radius 1 is 1.48 bits per heavy atom. The lowest BCUT2D eigenvalue weighted by Crippen LogP contribution is -2.57. The topological polar surface area (TPSA) is 37.4 Å². The summed E-state index contributed by atoms with van der Waals surface area (Å²) in [6, 6.07) is 0.